The van der Waals surface area contributed by atoms with Gasteiger partial charge in [0.2, 0.25) is 0 Å². The molecule has 0 bridgehead atoms. The van der Waals surface area contributed by atoms with Crippen molar-refractivity contribution in [2.24, 2.45) is 0 Å². The maximum absolute atomic E-state index is 6.14. The number of benzene rings is 1. The maximum Gasteiger partial charge on any atom is 0.0440 e. The molecule has 0 heterocycles. The zero-order valence-electron chi connectivity index (χ0n) is 8.82. The Morgan fingerprint density at radius 2 is 1.85 bits per heavy atom. The van der Waals surface area contributed by atoms with Crippen molar-refractivity contribution in [1.29, 1.82) is 0 Å². The first kappa shape index (κ1) is 10.6. The lowest BCUT2D eigenvalue weighted by atomic mass is 9.86. The van der Waals surface area contributed by atoms with E-state index in [2.05, 4.69) is 45.9 Å². The van der Waals surface area contributed by atoms with E-state index in [-0.39, 0.29) is 5.41 Å². The topological polar surface area (TPSA) is 0 Å². The monoisotopic (exact) mass is 196 g/mol. The molecule has 13 heavy (non-hydrogen) atoms. The second kappa shape index (κ2) is 3.71. The average molecular weight is 197 g/mol. The molecule has 1 rings (SSSR count). The first-order valence-corrected chi connectivity index (χ1v) is 5.12. The molecule has 0 N–H and O–H groups in total. The number of aryl methyl sites for hydroxylation is 1. The molecule has 0 aliphatic carbocycles. The largest absolute Gasteiger partial charge is 0.0840 e. The summed E-state index contributed by atoms with van der Waals surface area (Å²) in [5, 5.41) is 0.898. The minimum atomic E-state index is 0.190. The van der Waals surface area contributed by atoms with Gasteiger partial charge >= 0.3 is 0 Å². The molecule has 1 aromatic rings. The van der Waals surface area contributed by atoms with Crippen LogP contribution in [-0.2, 0) is 11.8 Å². The molecule has 0 fully saturated rings. The van der Waals surface area contributed by atoms with Crippen molar-refractivity contribution < 1.29 is 0 Å². The SMILES string of the molecule is CCc1ccc(C(C)(C)C)cc1Cl. The molecule has 0 radical (unpaired) electrons. The maximum atomic E-state index is 6.14. The highest BCUT2D eigenvalue weighted by Gasteiger charge is 2.14. The van der Waals surface area contributed by atoms with E-state index in [1.807, 2.05) is 0 Å². The molecular weight excluding hydrogens is 180 g/mol. The van der Waals surface area contributed by atoms with Crippen LogP contribution in [0.5, 0.6) is 0 Å². The van der Waals surface area contributed by atoms with Crippen LogP contribution in [0.15, 0.2) is 18.2 Å². The van der Waals surface area contributed by atoms with Gasteiger partial charge < -0.3 is 0 Å². The van der Waals surface area contributed by atoms with Crippen LogP contribution in [0.2, 0.25) is 5.02 Å². The van der Waals surface area contributed by atoms with Gasteiger partial charge in [0.15, 0.2) is 0 Å². The van der Waals surface area contributed by atoms with Crippen molar-refractivity contribution in [2.75, 3.05) is 0 Å². The van der Waals surface area contributed by atoms with Gasteiger partial charge in [0, 0.05) is 5.02 Å². The van der Waals surface area contributed by atoms with Gasteiger partial charge in [-0.15, -0.1) is 0 Å². The molecule has 0 unspecified atom stereocenters. The number of rotatable bonds is 1. The fraction of sp³-hybridized carbons (Fsp3) is 0.500. The first-order valence-electron chi connectivity index (χ1n) is 4.74. The second-order valence-electron chi connectivity index (χ2n) is 4.41. The molecule has 1 heteroatoms. The average Bonchev–Trinajstić information content (AvgIpc) is 2.02. The first-order chi connectivity index (χ1) is 5.95. The van der Waals surface area contributed by atoms with Gasteiger partial charge in [-0.05, 0) is 29.0 Å². The molecule has 72 valence electrons. The van der Waals surface area contributed by atoms with Crippen molar-refractivity contribution in [2.45, 2.75) is 39.5 Å². The zero-order chi connectivity index (χ0) is 10.1. The third-order valence-corrected chi connectivity index (χ3v) is 2.65. The Morgan fingerprint density at radius 3 is 2.23 bits per heavy atom. The third kappa shape index (κ3) is 2.47. The van der Waals surface area contributed by atoms with Gasteiger partial charge in [0.25, 0.3) is 0 Å². The summed E-state index contributed by atoms with van der Waals surface area (Å²) in [6, 6.07) is 6.38. The molecule has 0 nitrogen and oxygen atoms in total. The van der Waals surface area contributed by atoms with Crippen LogP contribution >= 0.6 is 11.6 Å². The van der Waals surface area contributed by atoms with E-state index in [4.69, 9.17) is 11.6 Å². The molecule has 0 spiro atoms. The quantitative estimate of drug-likeness (QED) is 0.632. The van der Waals surface area contributed by atoms with Crippen LogP contribution in [0.25, 0.3) is 0 Å². The fourth-order valence-electron chi connectivity index (χ4n) is 1.30. The number of hydrogen-bond donors (Lipinski definition) is 0. The van der Waals surface area contributed by atoms with Gasteiger partial charge in [0.1, 0.15) is 0 Å². The Bertz CT molecular complexity index is 294. The van der Waals surface area contributed by atoms with E-state index < -0.39 is 0 Å². The second-order valence-corrected chi connectivity index (χ2v) is 4.82. The summed E-state index contributed by atoms with van der Waals surface area (Å²) in [7, 11) is 0. The van der Waals surface area contributed by atoms with E-state index in [1.54, 1.807) is 0 Å². The lowest BCUT2D eigenvalue weighted by molar-refractivity contribution is 0.590. The normalized spacial score (nSPS) is 11.8. The van der Waals surface area contributed by atoms with E-state index >= 15 is 0 Å². The van der Waals surface area contributed by atoms with E-state index in [0.29, 0.717) is 0 Å². The van der Waals surface area contributed by atoms with Gasteiger partial charge in [0.05, 0.1) is 0 Å². The van der Waals surface area contributed by atoms with Gasteiger partial charge in [-0.2, -0.15) is 0 Å². The van der Waals surface area contributed by atoms with Crippen LogP contribution in [0.1, 0.15) is 38.8 Å². The highest BCUT2D eigenvalue weighted by molar-refractivity contribution is 6.31. The predicted octanol–water partition coefficient (Wildman–Crippen LogP) is 4.20. The molecule has 0 aromatic heterocycles. The standard InChI is InChI=1S/C12H17Cl/c1-5-9-6-7-10(8-11(9)13)12(2,3)4/h6-8H,5H2,1-4H3. The Morgan fingerprint density at radius 1 is 1.23 bits per heavy atom. The van der Waals surface area contributed by atoms with Crippen molar-refractivity contribution in [3.05, 3.63) is 34.3 Å². The van der Waals surface area contributed by atoms with Crippen molar-refractivity contribution in [3.63, 3.8) is 0 Å². The lowest BCUT2D eigenvalue weighted by Gasteiger charge is -2.19. The summed E-state index contributed by atoms with van der Waals surface area (Å²) in [4.78, 5) is 0. The van der Waals surface area contributed by atoms with Gasteiger partial charge in [-0.25, -0.2) is 0 Å². The Hall–Kier alpha value is -0.490. The van der Waals surface area contributed by atoms with Crippen LogP contribution in [0.3, 0.4) is 0 Å². The molecule has 0 amide bonds. The zero-order valence-corrected chi connectivity index (χ0v) is 9.57. The minimum absolute atomic E-state index is 0.190. The number of halogens is 1. The van der Waals surface area contributed by atoms with E-state index in [0.717, 1.165) is 11.4 Å². The summed E-state index contributed by atoms with van der Waals surface area (Å²) in [5.74, 6) is 0. The van der Waals surface area contributed by atoms with E-state index in [1.165, 1.54) is 11.1 Å². The predicted molar refractivity (Wildman–Crippen MR) is 59.5 cm³/mol. The smallest absolute Gasteiger partial charge is 0.0440 e. The van der Waals surface area contributed by atoms with Crippen LogP contribution < -0.4 is 0 Å². The summed E-state index contributed by atoms with van der Waals surface area (Å²) in [6.45, 7) is 8.72. The third-order valence-electron chi connectivity index (χ3n) is 2.30. The fourth-order valence-corrected chi connectivity index (χ4v) is 1.61. The minimum Gasteiger partial charge on any atom is -0.0840 e. The molecule has 0 atom stereocenters. The molecule has 0 saturated carbocycles. The van der Waals surface area contributed by atoms with Crippen LogP contribution in [0.4, 0.5) is 0 Å². The highest BCUT2D eigenvalue weighted by Crippen LogP contribution is 2.27. The van der Waals surface area contributed by atoms with Crippen molar-refractivity contribution in [1.82, 2.24) is 0 Å². The summed E-state index contributed by atoms with van der Waals surface area (Å²) in [5.41, 5.74) is 2.72. The Balaban J connectivity index is 3.10. The molecule has 1 aromatic carbocycles. The Kier molecular flexibility index (Phi) is 3.02. The van der Waals surface area contributed by atoms with Crippen molar-refractivity contribution >= 4 is 11.6 Å². The molecule has 0 saturated heterocycles. The lowest BCUT2D eigenvalue weighted by Crippen LogP contribution is -2.10. The van der Waals surface area contributed by atoms with Crippen molar-refractivity contribution in [3.8, 4) is 0 Å². The number of hydrogen-bond acceptors (Lipinski definition) is 0. The van der Waals surface area contributed by atoms with Crippen LogP contribution in [-0.4, -0.2) is 0 Å². The van der Waals surface area contributed by atoms with Gasteiger partial charge in [-0.3, -0.25) is 0 Å². The highest BCUT2D eigenvalue weighted by atomic mass is 35.5. The molecular formula is C12H17Cl. The van der Waals surface area contributed by atoms with Crippen LogP contribution in [0, 0.1) is 0 Å². The molecule has 0 aliphatic rings. The summed E-state index contributed by atoms with van der Waals surface area (Å²) in [6.07, 6.45) is 1.00. The van der Waals surface area contributed by atoms with E-state index in [9.17, 15) is 0 Å². The van der Waals surface area contributed by atoms with Gasteiger partial charge in [-0.1, -0.05) is 51.4 Å². The summed E-state index contributed by atoms with van der Waals surface area (Å²) >= 11 is 6.14. The molecule has 0 aliphatic heterocycles. The Labute approximate surface area is 85.9 Å². The summed E-state index contributed by atoms with van der Waals surface area (Å²) < 4.78 is 0.